The van der Waals surface area contributed by atoms with Crippen LogP contribution in [0.25, 0.3) is 0 Å². The van der Waals surface area contributed by atoms with Crippen LogP contribution < -0.4 is 5.32 Å². The zero-order valence-corrected chi connectivity index (χ0v) is 12.1. The number of hydrogen-bond donors (Lipinski definition) is 1. The lowest BCUT2D eigenvalue weighted by Crippen LogP contribution is -2.21. The predicted molar refractivity (Wildman–Crippen MR) is 78.6 cm³/mol. The van der Waals surface area contributed by atoms with Crippen LogP contribution in [-0.2, 0) is 6.54 Å². The molecular formula is C15H23NS. The van der Waals surface area contributed by atoms with Crippen molar-refractivity contribution in [3.63, 3.8) is 0 Å². The van der Waals surface area contributed by atoms with E-state index in [1.54, 1.807) is 0 Å². The molecule has 1 nitrogen and oxygen atoms in total. The topological polar surface area (TPSA) is 12.0 Å². The zero-order valence-electron chi connectivity index (χ0n) is 11.3. The highest BCUT2D eigenvalue weighted by Crippen LogP contribution is 2.19. The van der Waals surface area contributed by atoms with Crippen molar-refractivity contribution in [3.8, 4) is 0 Å². The second kappa shape index (κ2) is 7.57. The molecule has 0 heterocycles. The summed E-state index contributed by atoms with van der Waals surface area (Å²) in [5, 5.41) is 3.42. The fourth-order valence-corrected chi connectivity index (χ4v) is 2.27. The Morgan fingerprint density at radius 1 is 1.24 bits per heavy atom. The van der Waals surface area contributed by atoms with Crippen LogP contribution in [0.15, 0.2) is 40.8 Å². The third-order valence-corrected chi connectivity index (χ3v) is 3.32. The van der Waals surface area contributed by atoms with Gasteiger partial charge in [0.15, 0.2) is 0 Å². The molecule has 0 aliphatic heterocycles. The molecule has 1 aromatic rings. The normalized spacial score (nSPS) is 10.6. The van der Waals surface area contributed by atoms with E-state index in [4.69, 9.17) is 0 Å². The van der Waals surface area contributed by atoms with Crippen LogP contribution in [0.2, 0.25) is 0 Å². The summed E-state index contributed by atoms with van der Waals surface area (Å²) in [4.78, 5) is 1.34. The number of allylic oxidation sites excluding steroid dienone is 1. The molecule has 1 aromatic carbocycles. The molecule has 0 radical (unpaired) electrons. The van der Waals surface area contributed by atoms with Crippen molar-refractivity contribution in [2.24, 2.45) is 0 Å². The molecule has 17 heavy (non-hydrogen) atoms. The molecule has 0 saturated heterocycles. The summed E-state index contributed by atoms with van der Waals surface area (Å²) in [6.07, 6.45) is 2.26. The van der Waals surface area contributed by atoms with Gasteiger partial charge >= 0.3 is 0 Å². The molecule has 0 fully saturated rings. The average molecular weight is 249 g/mol. The monoisotopic (exact) mass is 249 g/mol. The van der Waals surface area contributed by atoms with Gasteiger partial charge in [-0.3, -0.25) is 0 Å². The quantitative estimate of drug-likeness (QED) is 0.598. The van der Waals surface area contributed by atoms with Crippen LogP contribution >= 0.6 is 11.8 Å². The van der Waals surface area contributed by atoms with Crippen molar-refractivity contribution in [2.75, 3.05) is 5.75 Å². The van der Waals surface area contributed by atoms with E-state index in [9.17, 15) is 0 Å². The highest BCUT2D eigenvalue weighted by atomic mass is 32.2. The van der Waals surface area contributed by atoms with Crippen molar-refractivity contribution in [1.82, 2.24) is 5.32 Å². The van der Waals surface area contributed by atoms with Gasteiger partial charge in [-0.1, -0.05) is 37.6 Å². The van der Waals surface area contributed by atoms with Gasteiger partial charge in [0.25, 0.3) is 0 Å². The Kier molecular flexibility index (Phi) is 6.38. The number of hydrogen-bond acceptors (Lipinski definition) is 2. The summed E-state index contributed by atoms with van der Waals surface area (Å²) >= 11 is 1.89. The van der Waals surface area contributed by atoms with Crippen molar-refractivity contribution in [1.29, 1.82) is 0 Å². The van der Waals surface area contributed by atoms with E-state index >= 15 is 0 Å². The fourth-order valence-electron chi connectivity index (χ4n) is 1.33. The molecule has 0 aliphatic rings. The first-order valence-electron chi connectivity index (χ1n) is 6.16. The van der Waals surface area contributed by atoms with E-state index in [1.807, 2.05) is 11.8 Å². The molecule has 94 valence electrons. The van der Waals surface area contributed by atoms with E-state index in [0.717, 1.165) is 12.3 Å². The van der Waals surface area contributed by atoms with Gasteiger partial charge in [-0.15, -0.1) is 11.8 Å². The minimum absolute atomic E-state index is 0.543. The second-order valence-corrected chi connectivity index (χ2v) is 5.87. The third-order valence-electron chi connectivity index (χ3n) is 2.38. The van der Waals surface area contributed by atoms with Crippen molar-refractivity contribution >= 4 is 11.8 Å². The van der Waals surface area contributed by atoms with Crippen LogP contribution in [0.4, 0.5) is 0 Å². The highest BCUT2D eigenvalue weighted by Gasteiger charge is 1.96. The van der Waals surface area contributed by atoms with Crippen LogP contribution in [-0.4, -0.2) is 11.8 Å². The summed E-state index contributed by atoms with van der Waals surface area (Å²) in [5.41, 5.74) is 2.74. The van der Waals surface area contributed by atoms with Crippen molar-refractivity contribution in [3.05, 3.63) is 41.5 Å². The standard InChI is InChI=1S/C15H23NS/c1-12(2)9-10-17-15-7-5-14(6-8-15)11-16-13(3)4/h5-9,13,16H,10-11H2,1-4H3. The molecule has 0 amide bonds. The van der Waals surface area contributed by atoms with E-state index in [-0.39, 0.29) is 0 Å². The van der Waals surface area contributed by atoms with E-state index in [1.165, 1.54) is 16.0 Å². The zero-order chi connectivity index (χ0) is 12.7. The lowest BCUT2D eigenvalue weighted by molar-refractivity contribution is 0.588. The van der Waals surface area contributed by atoms with Crippen LogP contribution in [0.5, 0.6) is 0 Å². The molecule has 1 rings (SSSR count). The molecule has 0 bridgehead atoms. The molecule has 0 unspecified atom stereocenters. The molecule has 0 atom stereocenters. The molecular weight excluding hydrogens is 226 g/mol. The molecule has 0 spiro atoms. The van der Waals surface area contributed by atoms with Gasteiger partial charge in [0.1, 0.15) is 0 Å². The van der Waals surface area contributed by atoms with Gasteiger partial charge in [-0.2, -0.15) is 0 Å². The number of nitrogens with one attached hydrogen (secondary N) is 1. The molecule has 2 heteroatoms. The summed E-state index contributed by atoms with van der Waals surface area (Å²) in [5.74, 6) is 1.06. The summed E-state index contributed by atoms with van der Waals surface area (Å²) in [6.45, 7) is 9.58. The van der Waals surface area contributed by atoms with Gasteiger partial charge in [-0.05, 0) is 31.5 Å². The minimum atomic E-state index is 0.543. The summed E-state index contributed by atoms with van der Waals surface area (Å²) in [6, 6.07) is 9.38. The Morgan fingerprint density at radius 2 is 1.88 bits per heavy atom. The minimum Gasteiger partial charge on any atom is -0.310 e. The average Bonchev–Trinajstić information content (AvgIpc) is 2.27. The fraction of sp³-hybridized carbons (Fsp3) is 0.467. The first-order chi connectivity index (χ1) is 8.08. The maximum atomic E-state index is 3.42. The molecule has 0 aromatic heterocycles. The van der Waals surface area contributed by atoms with Crippen LogP contribution in [0.3, 0.4) is 0 Å². The van der Waals surface area contributed by atoms with Gasteiger partial charge in [0, 0.05) is 23.2 Å². The van der Waals surface area contributed by atoms with Crippen molar-refractivity contribution in [2.45, 2.75) is 45.2 Å². The van der Waals surface area contributed by atoms with Gasteiger partial charge in [-0.25, -0.2) is 0 Å². The Morgan fingerprint density at radius 3 is 2.41 bits per heavy atom. The maximum absolute atomic E-state index is 3.42. The summed E-state index contributed by atoms with van der Waals surface area (Å²) < 4.78 is 0. The number of benzene rings is 1. The maximum Gasteiger partial charge on any atom is 0.0207 e. The second-order valence-electron chi connectivity index (χ2n) is 4.77. The predicted octanol–water partition coefficient (Wildman–Crippen LogP) is 4.24. The van der Waals surface area contributed by atoms with E-state index in [2.05, 4.69) is 63.4 Å². The lowest BCUT2D eigenvalue weighted by Gasteiger charge is -2.08. The van der Waals surface area contributed by atoms with Crippen molar-refractivity contribution < 1.29 is 0 Å². The Hall–Kier alpha value is -0.730. The largest absolute Gasteiger partial charge is 0.310 e. The number of rotatable bonds is 6. The lowest BCUT2D eigenvalue weighted by atomic mass is 10.2. The Labute approximate surface area is 110 Å². The van der Waals surface area contributed by atoms with E-state index in [0.29, 0.717) is 6.04 Å². The Balaban J connectivity index is 2.42. The molecule has 1 N–H and O–H groups in total. The molecule has 0 saturated carbocycles. The van der Waals surface area contributed by atoms with Crippen LogP contribution in [0, 0.1) is 0 Å². The van der Waals surface area contributed by atoms with E-state index < -0.39 is 0 Å². The summed E-state index contributed by atoms with van der Waals surface area (Å²) in [7, 11) is 0. The smallest absolute Gasteiger partial charge is 0.0207 e. The Bertz CT molecular complexity index is 348. The van der Waals surface area contributed by atoms with Gasteiger partial charge < -0.3 is 5.32 Å². The highest BCUT2D eigenvalue weighted by molar-refractivity contribution is 7.99. The first-order valence-corrected chi connectivity index (χ1v) is 7.15. The number of thioether (sulfide) groups is 1. The molecule has 0 aliphatic carbocycles. The van der Waals surface area contributed by atoms with Gasteiger partial charge in [0.05, 0.1) is 0 Å². The van der Waals surface area contributed by atoms with Crippen LogP contribution in [0.1, 0.15) is 33.3 Å². The third kappa shape index (κ3) is 6.54. The first kappa shape index (κ1) is 14.3. The van der Waals surface area contributed by atoms with Gasteiger partial charge in [0.2, 0.25) is 0 Å². The SMILES string of the molecule is CC(C)=CCSc1ccc(CNC(C)C)cc1.